The van der Waals surface area contributed by atoms with E-state index in [1.165, 1.54) is 0 Å². The third kappa shape index (κ3) is 2.88. The molecule has 0 fully saturated rings. The van der Waals surface area contributed by atoms with Crippen molar-refractivity contribution in [1.82, 2.24) is 20.5 Å². The fourth-order valence-electron chi connectivity index (χ4n) is 1.59. The van der Waals surface area contributed by atoms with Crippen molar-refractivity contribution in [2.45, 2.75) is 33.2 Å². The van der Waals surface area contributed by atoms with E-state index in [0.29, 0.717) is 6.04 Å². The maximum atomic E-state index is 4.28. The Hall–Kier alpha value is -0.850. The van der Waals surface area contributed by atoms with Gasteiger partial charge in [0.2, 0.25) is 0 Å². The zero-order valence-corrected chi connectivity index (χ0v) is 11.9. The number of hydrogen-bond donors (Lipinski definition) is 1. The van der Waals surface area contributed by atoms with Gasteiger partial charge in [-0.2, -0.15) is 0 Å². The summed E-state index contributed by atoms with van der Waals surface area (Å²) in [6.45, 7) is 7.22. The number of aryl methyl sites for hydroxylation is 1. The molecule has 17 heavy (non-hydrogen) atoms. The van der Waals surface area contributed by atoms with Crippen LogP contribution in [-0.4, -0.2) is 21.7 Å². The predicted molar refractivity (Wildman–Crippen MR) is 72.5 cm³/mol. The first-order valence-electron chi connectivity index (χ1n) is 5.74. The van der Waals surface area contributed by atoms with Gasteiger partial charge in [-0.15, -0.1) is 21.5 Å². The maximum absolute atomic E-state index is 4.28. The zero-order chi connectivity index (χ0) is 12.3. The third-order valence-corrected chi connectivity index (χ3v) is 4.55. The van der Waals surface area contributed by atoms with E-state index < -0.39 is 0 Å². The average molecular weight is 268 g/mol. The van der Waals surface area contributed by atoms with Crippen LogP contribution < -0.4 is 5.32 Å². The van der Waals surface area contributed by atoms with Gasteiger partial charge in [-0.1, -0.05) is 25.2 Å². The summed E-state index contributed by atoms with van der Waals surface area (Å²) in [5.74, 6) is 0. The number of nitrogens with one attached hydrogen (secondary N) is 1. The second-order valence-corrected chi connectivity index (χ2v) is 5.95. The normalized spacial score (nSPS) is 12.9. The van der Waals surface area contributed by atoms with E-state index in [0.717, 1.165) is 32.9 Å². The van der Waals surface area contributed by atoms with Crippen LogP contribution in [0.15, 0.2) is 6.20 Å². The first-order chi connectivity index (χ1) is 8.24. The summed E-state index contributed by atoms with van der Waals surface area (Å²) in [5, 5.41) is 15.0. The monoisotopic (exact) mass is 268 g/mol. The first kappa shape index (κ1) is 12.6. The van der Waals surface area contributed by atoms with E-state index >= 15 is 0 Å². The molecule has 2 aromatic heterocycles. The highest BCUT2D eigenvalue weighted by Crippen LogP contribution is 2.31. The van der Waals surface area contributed by atoms with E-state index in [4.69, 9.17) is 0 Å². The molecule has 0 amide bonds. The molecule has 4 nitrogen and oxygen atoms in total. The number of nitrogens with zero attached hydrogens (tertiary/aromatic N) is 3. The van der Waals surface area contributed by atoms with Crippen LogP contribution in [0.1, 0.15) is 36.3 Å². The number of hydrogen-bond acceptors (Lipinski definition) is 6. The summed E-state index contributed by atoms with van der Waals surface area (Å²) < 4.78 is 0. The molecule has 2 rings (SSSR count). The fraction of sp³-hybridized carbons (Fsp3) is 0.545. The molecule has 0 aromatic carbocycles. The summed E-state index contributed by atoms with van der Waals surface area (Å²) >= 11 is 3.32. The molecule has 0 aliphatic rings. The molecule has 1 N–H and O–H groups in total. The molecule has 0 bridgehead atoms. The SMILES string of the molecule is CCNC(CC)c1nnc(-c2cnc(C)s2)s1. The van der Waals surface area contributed by atoms with Gasteiger partial charge < -0.3 is 5.32 Å². The van der Waals surface area contributed by atoms with E-state index in [1.54, 1.807) is 22.7 Å². The van der Waals surface area contributed by atoms with Crippen LogP contribution in [0.3, 0.4) is 0 Å². The summed E-state index contributed by atoms with van der Waals surface area (Å²) in [7, 11) is 0. The van der Waals surface area contributed by atoms with Crippen LogP contribution in [0.4, 0.5) is 0 Å². The van der Waals surface area contributed by atoms with E-state index in [9.17, 15) is 0 Å². The lowest BCUT2D eigenvalue weighted by molar-refractivity contribution is 0.531. The molecule has 6 heteroatoms. The lowest BCUT2D eigenvalue weighted by Crippen LogP contribution is -2.19. The van der Waals surface area contributed by atoms with Gasteiger partial charge in [0.05, 0.1) is 15.9 Å². The average Bonchev–Trinajstić information content (AvgIpc) is 2.94. The maximum Gasteiger partial charge on any atom is 0.159 e. The lowest BCUT2D eigenvalue weighted by Gasteiger charge is -2.10. The minimum Gasteiger partial charge on any atom is -0.308 e. The summed E-state index contributed by atoms with van der Waals surface area (Å²) in [6, 6.07) is 0.320. The molecule has 92 valence electrons. The minimum atomic E-state index is 0.320. The quantitative estimate of drug-likeness (QED) is 0.905. The van der Waals surface area contributed by atoms with Gasteiger partial charge in [0, 0.05) is 6.20 Å². The summed E-state index contributed by atoms with van der Waals surface area (Å²) in [6.07, 6.45) is 2.91. The van der Waals surface area contributed by atoms with Crippen molar-refractivity contribution in [3.63, 3.8) is 0 Å². The second-order valence-electron chi connectivity index (χ2n) is 3.71. The summed E-state index contributed by atoms with van der Waals surface area (Å²) in [5.41, 5.74) is 0. The van der Waals surface area contributed by atoms with Crippen LogP contribution in [0.25, 0.3) is 9.88 Å². The van der Waals surface area contributed by atoms with E-state index in [1.807, 2.05) is 13.1 Å². The van der Waals surface area contributed by atoms with Crippen LogP contribution in [0.5, 0.6) is 0 Å². The van der Waals surface area contributed by atoms with Crippen molar-refractivity contribution in [1.29, 1.82) is 0 Å². The van der Waals surface area contributed by atoms with Crippen molar-refractivity contribution in [2.75, 3.05) is 6.54 Å². The molecule has 0 saturated carbocycles. The molecule has 1 unspecified atom stereocenters. The Labute approximate surface area is 109 Å². The highest BCUT2D eigenvalue weighted by atomic mass is 32.1. The Morgan fingerprint density at radius 3 is 2.71 bits per heavy atom. The Kier molecular flexibility index (Phi) is 4.20. The third-order valence-electron chi connectivity index (χ3n) is 2.43. The smallest absolute Gasteiger partial charge is 0.159 e. The van der Waals surface area contributed by atoms with Crippen molar-refractivity contribution < 1.29 is 0 Å². The zero-order valence-electron chi connectivity index (χ0n) is 10.2. The van der Waals surface area contributed by atoms with Gasteiger partial charge in [0.1, 0.15) is 5.01 Å². The van der Waals surface area contributed by atoms with Gasteiger partial charge in [-0.05, 0) is 19.9 Å². The van der Waals surface area contributed by atoms with Crippen LogP contribution in [0.2, 0.25) is 0 Å². The van der Waals surface area contributed by atoms with Crippen LogP contribution in [-0.2, 0) is 0 Å². The number of rotatable bonds is 5. The summed E-state index contributed by atoms with van der Waals surface area (Å²) in [4.78, 5) is 5.35. The molecule has 0 saturated heterocycles. The molecule has 0 aliphatic heterocycles. The van der Waals surface area contributed by atoms with Gasteiger partial charge in [-0.3, -0.25) is 0 Å². The standard InChI is InChI=1S/C11H16N4S2/c1-4-8(12-5-2)10-14-15-11(17-10)9-6-13-7(3)16-9/h6,8,12H,4-5H2,1-3H3. The largest absolute Gasteiger partial charge is 0.308 e. The second kappa shape index (κ2) is 5.66. The highest BCUT2D eigenvalue weighted by molar-refractivity contribution is 7.21. The van der Waals surface area contributed by atoms with Crippen LogP contribution >= 0.6 is 22.7 Å². The predicted octanol–water partition coefficient (Wildman–Crippen LogP) is 3.03. The fourth-order valence-corrected chi connectivity index (χ4v) is 3.40. The Morgan fingerprint density at radius 1 is 1.29 bits per heavy atom. The number of thiazole rings is 1. The Bertz CT molecular complexity index is 477. The molecule has 0 aliphatic carbocycles. The van der Waals surface area contributed by atoms with E-state index in [-0.39, 0.29) is 0 Å². The topological polar surface area (TPSA) is 50.7 Å². The lowest BCUT2D eigenvalue weighted by atomic mass is 10.2. The highest BCUT2D eigenvalue weighted by Gasteiger charge is 2.15. The molecule has 2 aromatic rings. The molecular weight excluding hydrogens is 252 g/mol. The molecular formula is C11H16N4S2. The van der Waals surface area contributed by atoms with Crippen molar-refractivity contribution in [3.8, 4) is 9.88 Å². The number of aromatic nitrogens is 3. The first-order valence-corrected chi connectivity index (χ1v) is 7.37. The van der Waals surface area contributed by atoms with Gasteiger partial charge >= 0.3 is 0 Å². The molecule has 0 radical (unpaired) electrons. The van der Waals surface area contributed by atoms with Crippen molar-refractivity contribution >= 4 is 22.7 Å². The van der Waals surface area contributed by atoms with Gasteiger partial charge in [0.15, 0.2) is 5.01 Å². The van der Waals surface area contributed by atoms with Crippen molar-refractivity contribution in [2.24, 2.45) is 0 Å². The van der Waals surface area contributed by atoms with Gasteiger partial charge in [-0.25, -0.2) is 4.98 Å². The molecule has 2 heterocycles. The minimum absolute atomic E-state index is 0.320. The molecule has 1 atom stereocenters. The van der Waals surface area contributed by atoms with Gasteiger partial charge in [0.25, 0.3) is 0 Å². The Balaban J connectivity index is 2.20. The van der Waals surface area contributed by atoms with Crippen molar-refractivity contribution in [3.05, 3.63) is 16.2 Å². The van der Waals surface area contributed by atoms with Crippen LogP contribution in [0, 0.1) is 6.92 Å². The molecule has 0 spiro atoms. The Morgan fingerprint density at radius 2 is 2.12 bits per heavy atom. The van der Waals surface area contributed by atoms with E-state index in [2.05, 4.69) is 34.3 Å².